The molecule has 1 unspecified atom stereocenters. The molecule has 1 N–H and O–H groups in total. The summed E-state index contributed by atoms with van der Waals surface area (Å²) in [5, 5.41) is 2.52. The first-order chi connectivity index (χ1) is 5.93. The maximum absolute atomic E-state index is 11.1. The van der Waals surface area contributed by atoms with Crippen molar-refractivity contribution in [3.63, 3.8) is 0 Å². The lowest BCUT2D eigenvalue weighted by atomic mass is 10.2. The summed E-state index contributed by atoms with van der Waals surface area (Å²) < 4.78 is 5.06. The summed E-state index contributed by atoms with van der Waals surface area (Å²) in [6.45, 7) is 6.79. The fourth-order valence-electron chi connectivity index (χ4n) is 0.627. The molecule has 0 aromatic heterocycles. The number of carbonyl (C=O) groups excluding carboxylic acids is 2. The molecule has 0 spiro atoms. The number of nitrogens with one attached hydrogen (secondary N) is 1. The summed E-state index contributed by atoms with van der Waals surface area (Å²) in [5.74, 6) is -0.311. The third-order valence-electron chi connectivity index (χ3n) is 1.54. The van der Waals surface area contributed by atoms with Crippen molar-refractivity contribution < 1.29 is 14.3 Å². The van der Waals surface area contributed by atoms with Crippen LogP contribution in [0.3, 0.4) is 0 Å². The van der Waals surface area contributed by atoms with Gasteiger partial charge >= 0.3 is 0 Å². The average Bonchev–Trinajstić information content (AvgIpc) is 2.00. The standard InChI is InChI=1S/C9H17NO3/c1-6(2)13-5-9(12)10-7(3)8(4)11/h6-7H,5H2,1-4H3,(H,10,12). The number of amides is 1. The Kier molecular flexibility index (Phi) is 5.30. The predicted molar refractivity (Wildman–Crippen MR) is 49.4 cm³/mol. The maximum Gasteiger partial charge on any atom is 0.246 e. The lowest BCUT2D eigenvalue weighted by Crippen LogP contribution is -2.39. The smallest absolute Gasteiger partial charge is 0.246 e. The summed E-state index contributed by atoms with van der Waals surface area (Å²) >= 11 is 0. The van der Waals surface area contributed by atoms with Gasteiger partial charge in [0.2, 0.25) is 5.91 Å². The van der Waals surface area contributed by atoms with Gasteiger partial charge in [-0.3, -0.25) is 9.59 Å². The van der Waals surface area contributed by atoms with E-state index in [2.05, 4.69) is 5.32 Å². The van der Waals surface area contributed by atoms with E-state index >= 15 is 0 Å². The van der Waals surface area contributed by atoms with E-state index < -0.39 is 6.04 Å². The van der Waals surface area contributed by atoms with E-state index in [4.69, 9.17) is 4.74 Å². The van der Waals surface area contributed by atoms with Crippen LogP contribution in [-0.4, -0.2) is 30.4 Å². The molecule has 4 heteroatoms. The third-order valence-corrected chi connectivity index (χ3v) is 1.54. The molecule has 1 atom stereocenters. The van der Waals surface area contributed by atoms with E-state index in [0.717, 1.165) is 0 Å². The summed E-state index contributed by atoms with van der Waals surface area (Å²) in [4.78, 5) is 21.8. The van der Waals surface area contributed by atoms with Gasteiger partial charge in [0.15, 0.2) is 5.78 Å². The van der Waals surface area contributed by atoms with E-state index in [1.807, 2.05) is 13.8 Å². The Bertz CT molecular complexity index is 189. The topological polar surface area (TPSA) is 55.4 Å². The average molecular weight is 187 g/mol. The fraction of sp³-hybridized carbons (Fsp3) is 0.778. The summed E-state index contributed by atoms with van der Waals surface area (Å²) in [7, 11) is 0. The number of hydrogen-bond donors (Lipinski definition) is 1. The van der Waals surface area contributed by atoms with Crippen LogP contribution in [0, 0.1) is 0 Å². The number of hydrogen-bond acceptors (Lipinski definition) is 3. The van der Waals surface area contributed by atoms with E-state index in [1.165, 1.54) is 6.92 Å². The highest BCUT2D eigenvalue weighted by Crippen LogP contribution is 1.88. The minimum atomic E-state index is -0.428. The lowest BCUT2D eigenvalue weighted by Gasteiger charge is -2.11. The maximum atomic E-state index is 11.1. The zero-order chi connectivity index (χ0) is 10.4. The van der Waals surface area contributed by atoms with Crippen LogP contribution in [0.2, 0.25) is 0 Å². The number of carbonyl (C=O) groups is 2. The van der Waals surface area contributed by atoms with Crippen molar-refractivity contribution in [1.29, 1.82) is 0 Å². The van der Waals surface area contributed by atoms with E-state index in [9.17, 15) is 9.59 Å². The molecule has 0 radical (unpaired) electrons. The van der Waals surface area contributed by atoms with Crippen LogP contribution >= 0.6 is 0 Å². The molecule has 0 heterocycles. The predicted octanol–water partition coefficient (Wildman–Crippen LogP) is 0.505. The summed E-state index contributed by atoms with van der Waals surface area (Å²) in [6.07, 6.45) is 0.0263. The first-order valence-corrected chi connectivity index (χ1v) is 4.35. The van der Waals surface area contributed by atoms with Crippen LogP contribution in [-0.2, 0) is 14.3 Å². The Labute approximate surface area is 78.6 Å². The molecule has 0 aromatic rings. The van der Waals surface area contributed by atoms with Gasteiger partial charge in [-0.15, -0.1) is 0 Å². The van der Waals surface area contributed by atoms with Crippen LogP contribution in [0.15, 0.2) is 0 Å². The molecule has 0 aliphatic carbocycles. The second-order valence-electron chi connectivity index (χ2n) is 3.26. The molecule has 0 saturated heterocycles. The van der Waals surface area contributed by atoms with Gasteiger partial charge in [0.05, 0.1) is 12.1 Å². The molecular weight excluding hydrogens is 170 g/mol. The minimum absolute atomic E-state index is 0.00921. The Morgan fingerprint density at radius 3 is 2.23 bits per heavy atom. The molecular formula is C9H17NO3. The van der Waals surface area contributed by atoms with Gasteiger partial charge < -0.3 is 10.1 Å². The Morgan fingerprint density at radius 2 is 1.85 bits per heavy atom. The highest BCUT2D eigenvalue weighted by Gasteiger charge is 2.11. The molecule has 13 heavy (non-hydrogen) atoms. The van der Waals surface area contributed by atoms with Crippen LogP contribution in [0.1, 0.15) is 27.7 Å². The van der Waals surface area contributed by atoms with Crippen LogP contribution < -0.4 is 5.32 Å². The van der Waals surface area contributed by atoms with Crippen molar-refractivity contribution >= 4 is 11.7 Å². The number of Topliss-reactive ketones (excluding diaryl/α,β-unsaturated/α-hetero) is 1. The molecule has 0 rings (SSSR count). The van der Waals surface area contributed by atoms with E-state index in [-0.39, 0.29) is 24.4 Å². The van der Waals surface area contributed by atoms with Crippen molar-refractivity contribution in [3.8, 4) is 0 Å². The fourth-order valence-corrected chi connectivity index (χ4v) is 0.627. The monoisotopic (exact) mass is 187 g/mol. The molecule has 0 aliphatic heterocycles. The molecule has 76 valence electrons. The second-order valence-corrected chi connectivity index (χ2v) is 3.26. The van der Waals surface area contributed by atoms with Crippen molar-refractivity contribution in [1.82, 2.24) is 5.32 Å². The van der Waals surface area contributed by atoms with E-state index in [0.29, 0.717) is 0 Å². The van der Waals surface area contributed by atoms with Gasteiger partial charge in [0.25, 0.3) is 0 Å². The highest BCUT2D eigenvalue weighted by atomic mass is 16.5. The van der Waals surface area contributed by atoms with Crippen molar-refractivity contribution in [2.45, 2.75) is 39.8 Å². The zero-order valence-corrected chi connectivity index (χ0v) is 8.59. The first-order valence-electron chi connectivity index (χ1n) is 4.35. The van der Waals surface area contributed by atoms with Gasteiger partial charge in [-0.1, -0.05) is 0 Å². The molecule has 0 aromatic carbocycles. The number of rotatable bonds is 5. The van der Waals surface area contributed by atoms with Crippen molar-refractivity contribution in [2.75, 3.05) is 6.61 Å². The third kappa shape index (κ3) is 6.28. The number of ketones is 1. The van der Waals surface area contributed by atoms with Gasteiger partial charge in [-0.05, 0) is 27.7 Å². The number of ether oxygens (including phenoxy) is 1. The summed E-state index contributed by atoms with van der Waals surface area (Å²) in [5.41, 5.74) is 0. The largest absolute Gasteiger partial charge is 0.369 e. The van der Waals surface area contributed by atoms with Gasteiger partial charge in [0.1, 0.15) is 6.61 Å². The normalized spacial score (nSPS) is 12.7. The molecule has 0 saturated carbocycles. The van der Waals surface area contributed by atoms with Gasteiger partial charge in [-0.2, -0.15) is 0 Å². The summed E-state index contributed by atoms with van der Waals surface area (Å²) in [6, 6.07) is -0.428. The van der Waals surface area contributed by atoms with Crippen LogP contribution in [0.25, 0.3) is 0 Å². The molecule has 0 aliphatic rings. The van der Waals surface area contributed by atoms with Crippen LogP contribution in [0.5, 0.6) is 0 Å². The Hall–Kier alpha value is -0.900. The van der Waals surface area contributed by atoms with Gasteiger partial charge in [0, 0.05) is 0 Å². The molecule has 1 amide bonds. The Morgan fingerprint density at radius 1 is 1.31 bits per heavy atom. The van der Waals surface area contributed by atoms with Crippen molar-refractivity contribution in [2.24, 2.45) is 0 Å². The lowest BCUT2D eigenvalue weighted by molar-refractivity contribution is -0.130. The Balaban J connectivity index is 3.68. The molecule has 0 bridgehead atoms. The molecule has 4 nitrogen and oxygen atoms in total. The van der Waals surface area contributed by atoms with Gasteiger partial charge in [-0.25, -0.2) is 0 Å². The van der Waals surface area contributed by atoms with E-state index in [1.54, 1.807) is 6.92 Å². The SMILES string of the molecule is CC(=O)C(C)NC(=O)COC(C)C. The zero-order valence-electron chi connectivity index (χ0n) is 8.59. The quantitative estimate of drug-likeness (QED) is 0.682. The second kappa shape index (κ2) is 5.70. The highest BCUT2D eigenvalue weighted by molar-refractivity contribution is 5.87. The minimum Gasteiger partial charge on any atom is -0.369 e. The molecule has 0 fully saturated rings. The van der Waals surface area contributed by atoms with Crippen molar-refractivity contribution in [3.05, 3.63) is 0 Å². The van der Waals surface area contributed by atoms with Crippen LogP contribution in [0.4, 0.5) is 0 Å². The first kappa shape index (κ1) is 12.1.